The summed E-state index contributed by atoms with van der Waals surface area (Å²) in [5.41, 5.74) is 2.49. The molecule has 1 heterocycles. The van der Waals surface area contributed by atoms with E-state index in [1.165, 1.54) is 6.20 Å². The van der Waals surface area contributed by atoms with Gasteiger partial charge in [0.1, 0.15) is 0 Å². The predicted molar refractivity (Wildman–Crippen MR) is 111 cm³/mol. The Labute approximate surface area is 181 Å². The number of aliphatic hydroxyl groups excluding tert-OH is 1. The van der Waals surface area contributed by atoms with Gasteiger partial charge in [-0.05, 0) is 41.3 Å². The summed E-state index contributed by atoms with van der Waals surface area (Å²) < 4.78 is 0. The van der Waals surface area contributed by atoms with Gasteiger partial charge < -0.3 is 15.5 Å². The molecule has 0 aliphatic rings. The second kappa shape index (κ2) is 9.71. The standard InChI is InChI=1S/C20H18Cl2N4O4/c21-14-3-1-2-11(6-14)12-4-5-13(16(22)8-12)7-15(9-18(27)20(29)30)24-19(28)17-10-23-26-25-17/h1-6,8,10,15,18,27H,7,9H2,(H,24,28)(H,29,30)(H,23,25,26). The maximum atomic E-state index is 12.3. The number of carbonyl (C=O) groups is 2. The minimum atomic E-state index is -1.64. The van der Waals surface area contributed by atoms with Crippen molar-refractivity contribution < 1.29 is 19.8 Å². The van der Waals surface area contributed by atoms with E-state index in [2.05, 4.69) is 20.7 Å². The SMILES string of the molecule is O=C(NC(Cc1ccc(-c2cccc(Cl)c2)cc1Cl)CC(O)C(=O)O)c1cn[nH]n1. The van der Waals surface area contributed by atoms with Gasteiger partial charge in [-0.1, -0.05) is 47.5 Å². The summed E-state index contributed by atoms with van der Waals surface area (Å²) >= 11 is 12.5. The van der Waals surface area contributed by atoms with E-state index in [0.717, 1.165) is 11.1 Å². The number of nitrogens with zero attached hydrogens (tertiary/aromatic N) is 2. The van der Waals surface area contributed by atoms with Crippen molar-refractivity contribution in [2.75, 3.05) is 0 Å². The minimum Gasteiger partial charge on any atom is -0.479 e. The van der Waals surface area contributed by atoms with Gasteiger partial charge in [-0.2, -0.15) is 15.4 Å². The fourth-order valence-electron chi connectivity index (χ4n) is 2.96. The van der Waals surface area contributed by atoms with Gasteiger partial charge in [-0.3, -0.25) is 4.79 Å². The molecular formula is C20H18Cl2N4O4. The lowest BCUT2D eigenvalue weighted by atomic mass is 9.97. The molecule has 2 atom stereocenters. The first-order valence-corrected chi connectivity index (χ1v) is 9.71. The fraction of sp³-hybridized carbons (Fsp3) is 0.200. The lowest BCUT2D eigenvalue weighted by Crippen LogP contribution is -2.40. The molecule has 2 aromatic carbocycles. The van der Waals surface area contributed by atoms with Crippen LogP contribution < -0.4 is 5.32 Å². The number of aliphatic carboxylic acids is 1. The lowest BCUT2D eigenvalue weighted by molar-refractivity contribution is -0.147. The van der Waals surface area contributed by atoms with Crippen molar-refractivity contribution in [3.63, 3.8) is 0 Å². The van der Waals surface area contributed by atoms with Gasteiger partial charge in [0.05, 0.1) is 6.20 Å². The first kappa shape index (κ1) is 21.8. The van der Waals surface area contributed by atoms with Crippen LogP contribution >= 0.6 is 23.2 Å². The molecule has 2 unspecified atom stereocenters. The highest BCUT2D eigenvalue weighted by Crippen LogP contribution is 2.28. The normalized spacial score (nSPS) is 12.9. The van der Waals surface area contributed by atoms with Crippen LogP contribution in [0.3, 0.4) is 0 Å². The van der Waals surface area contributed by atoms with Gasteiger partial charge in [0.2, 0.25) is 0 Å². The minimum absolute atomic E-state index is 0.0483. The first-order valence-electron chi connectivity index (χ1n) is 8.95. The summed E-state index contributed by atoms with van der Waals surface area (Å²) in [4.78, 5) is 23.4. The third-order valence-corrected chi connectivity index (χ3v) is 5.04. The summed E-state index contributed by atoms with van der Waals surface area (Å²) in [5.74, 6) is -1.92. The van der Waals surface area contributed by atoms with E-state index in [4.69, 9.17) is 28.3 Å². The number of hydrogen-bond donors (Lipinski definition) is 4. The monoisotopic (exact) mass is 448 g/mol. The molecule has 30 heavy (non-hydrogen) atoms. The number of amides is 1. The van der Waals surface area contributed by atoms with Crippen LogP contribution in [0.5, 0.6) is 0 Å². The number of nitrogens with one attached hydrogen (secondary N) is 2. The third-order valence-electron chi connectivity index (χ3n) is 4.45. The molecule has 0 fully saturated rings. The summed E-state index contributed by atoms with van der Waals surface area (Å²) in [7, 11) is 0. The molecule has 156 valence electrons. The number of carboxylic acid groups (broad SMARTS) is 1. The zero-order valence-corrected chi connectivity index (χ0v) is 17.1. The van der Waals surface area contributed by atoms with E-state index >= 15 is 0 Å². The lowest BCUT2D eigenvalue weighted by Gasteiger charge is -2.20. The van der Waals surface area contributed by atoms with Crippen LogP contribution in [0.2, 0.25) is 10.0 Å². The molecule has 0 spiro atoms. The smallest absolute Gasteiger partial charge is 0.332 e. The molecule has 0 aliphatic heterocycles. The maximum absolute atomic E-state index is 12.3. The Morgan fingerprint density at radius 1 is 1.13 bits per heavy atom. The fourth-order valence-corrected chi connectivity index (χ4v) is 3.41. The van der Waals surface area contributed by atoms with Gasteiger partial charge in [-0.25, -0.2) is 4.79 Å². The van der Waals surface area contributed by atoms with Crippen molar-refractivity contribution in [3.8, 4) is 11.1 Å². The molecule has 0 aliphatic carbocycles. The van der Waals surface area contributed by atoms with Crippen molar-refractivity contribution >= 4 is 35.1 Å². The van der Waals surface area contributed by atoms with Gasteiger partial charge in [-0.15, -0.1) is 0 Å². The summed E-state index contributed by atoms with van der Waals surface area (Å²) in [6.07, 6.45) is -0.391. The Morgan fingerprint density at radius 2 is 1.90 bits per heavy atom. The number of halogens is 2. The Bertz CT molecular complexity index is 1040. The largest absolute Gasteiger partial charge is 0.479 e. The average Bonchev–Trinajstić information content (AvgIpc) is 3.24. The molecule has 0 saturated carbocycles. The molecule has 0 radical (unpaired) electrons. The van der Waals surface area contributed by atoms with Crippen LogP contribution in [0.1, 0.15) is 22.5 Å². The van der Waals surface area contributed by atoms with Crippen LogP contribution in [0.25, 0.3) is 11.1 Å². The molecule has 8 nitrogen and oxygen atoms in total. The number of aromatic nitrogens is 3. The second-order valence-corrected chi connectivity index (χ2v) is 7.48. The van der Waals surface area contributed by atoms with Crippen molar-refractivity contribution in [3.05, 3.63) is 70.0 Å². The molecule has 1 aromatic heterocycles. The number of rotatable bonds is 8. The number of aliphatic hydroxyl groups is 1. The van der Waals surface area contributed by atoms with Crippen molar-refractivity contribution in [1.82, 2.24) is 20.7 Å². The molecule has 3 rings (SSSR count). The van der Waals surface area contributed by atoms with Gasteiger partial charge >= 0.3 is 5.97 Å². The highest BCUT2D eigenvalue weighted by atomic mass is 35.5. The molecule has 1 amide bonds. The zero-order chi connectivity index (χ0) is 21.7. The van der Waals surface area contributed by atoms with E-state index in [1.54, 1.807) is 18.2 Å². The van der Waals surface area contributed by atoms with Crippen LogP contribution in [0.4, 0.5) is 0 Å². The quantitative estimate of drug-likeness (QED) is 0.419. The Morgan fingerprint density at radius 3 is 2.53 bits per heavy atom. The van der Waals surface area contributed by atoms with Gasteiger partial charge in [0, 0.05) is 22.5 Å². The van der Waals surface area contributed by atoms with Crippen molar-refractivity contribution in [2.45, 2.75) is 25.0 Å². The number of aromatic amines is 1. The number of H-pyrrole nitrogens is 1. The Kier molecular flexibility index (Phi) is 7.04. The Hall–Kier alpha value is -2.94. The van der Waals surface area contributed by atoms with Crippen LogP contribution in [-0.2, 0) is 11.2 Å². The maximum Gasteiger partial charge on any atom is 0.332 e. The Balaban J connectivity index is 1.80. The van der Waals surface area contributed by atoms with Gasteiger partial charge in [0.15, 0.2) is 11.8 Å². The topological polar surface area (TPSA) is 128 Å². The number of hydrogen-bond acceptors (Lipinski definition) is 5. The summed E-state index contributed by atoms with van der Waals surface area (Å²) in [6.45, 7) is 0. The third kappa shape index (κ3) is 5.56. The van der Waals surface area contributed by atoms with Crippen LogP contribution in [0, 0.1) is 0 Å². The molecule has 0 saturated heterocycles. The summed E-state index contributed by atoms with van der Waals surface area (Å²) in [5, 5.41) is 32.1. The number of carbonyl (C=O) groups excluding carboxylic acids is 1. The van der Waals surface area contributed by atoms with Crippen molar-refractivity contribution in [2.24, 2.45) is 0 Å². The first-order chi connectivity index (χ1) is 14.3. The van der Waals surface area contributed by atoms with E-state index in [9.17, 15) is 14.7 Å². The molecular weight excluding hydrogens is 431 g/mol. The molecule has 10 heteroatoms. The molecule has 0 bridgehead atoms. The van der Waals surface area contributed by atoms with Crippen LogP contribution in [0.15, 0.2) is 48.7 Å². The molecule has 4 N–H and O–H groups in total. The second-order valence-electron chi connectivity index (χ2n) is 6.64. The van der Waals surface area contributed by atoms with E-state index < -0.39 is 24.0 Å². The average molecular weight is 449 g/mol. The van der Waals surface area contributed by atoms with Gasteiger partial charge in [0.25, 0.3) is 5.91 Å². The molecule has 3 aromatic rings. The summed E-state index contributed by atoms with van der Waals surface area (Å²) in [6, 6.07) is 12.1. The van der Waals surface area contributed by atoms with E-state index in [0.29, 0.717) is 15.6 Å². The highest BCUT2D eigenvalue weighted by molar-refractivity contribution is 6.32. The van der Waals surface area contributed by atoms with Crippen molar-refractivity contribution in [1.29, 1.82) is 0 Å². The number of benzene rings is 2. The van der Waals surface area contributed by atoms with Crippen LogP contribution in [-0.4, -0.2) is 49.6 Å². The number of carboxylic acids is 1. The highest BCUT2D eigenvalue weighted by Gasteiger charge is 2.24. The van der Waals surface area contributed by atoms with E-state index in [-0.39, 0.29) is 18.5 Å². The van der Waals surface area contributed by atoms with E-state index in [1.807, 2.05) is 24.3 Å². The predicted octanol–water partition coefficient (Wildman–Crippen LogP) is 2.96. The zero-order valence-electron chi connectivity index (χ0n) is 15.5.